The van der Waals surface area contributed by atoms with Crippen LogP contribution >= 0.6 is 34.5 Å². The molecule has 8 heteroatoms. The van der Waals surface area contributed by atoms with Gasteiger partial charge in [0.1, 0.15) is 11.6 Å². The fraction of sp³-hybridized carbons (Fsp3) is 0.0952. The number of anilines is 1. The molecule has 0 saturated heterocycles. The number of thiophene rings is 1. The third-order valence-electron chi connectivity index (χ3n) is 5.11. The first kappa shape index (κ1) is 18.4. The van der Waals surface area contributed by atoms with Crippen molar-refractivity contribution in [2.24, 2.45) is 11.1 Å². The van der Waals surface area contributed by atoms with Gasteiger partial charge in [-0.3, -0.25) is 9.59 Å². The van der Waals surface area contributed by atoms with Gasteiger partial charge in [-0.05, 0) is 29.6 Å². The number of hydrogen-bond acceptors (Lipinski definition) is 5. The molecule has 29 heavy (non-hydrogen) atoms. The normalized spacial score (nSPS) is 22.2. The molecular formula is C21H12Cl2N2O3S. The van der Waals surface area contributed by atoms with Gasteiger partial charge >= 0.3 is 0 Å². The Morgan fingerprint density at radius 3 is 2.72 bits per heavy atom. The van der Waals surface area contributed by atoms with E-state index in [1.54, 1.807) is 54.6 Å². The minimum Gasteiger partial charge on any atom is -0.373 e. The molecule has 0 aliphatic carbocycles. The Morgan fingerprint density at radius 2 is 1.97 bits per heavy atom. The summed E-state index contributed by atoms with van der Waals surface area (Å²) < 4.78 is 0. The van der Waals surface area contributed by atoms with Crippen molar-refractivity contribution in [3.05, 3.63) is 86.0 Å². The van der Waals surface area contributed by atoms with Gasteiger partial charge in [-0.1, -0.05) is 58.7 Å². The fourth-order valence-electron chi connectivity index (χ4n) is 3.82. The Bertz CT molecular complexity index is 1190. The Hall–Kier alpha value is -2.67. The van der Waals surface area contributed by atoms with E-state index in [1.165, 1.54) is 11.3 Å². The zero-order chi connectivity index (χ0) is 20.2. The number of fused-ring (bicyclic) bond motifs is 2. The predicted octanol–water partition coefficient (Wildman–Crippen LogP) is 5.14. The standard InChI is InChI=1S/C21H12Cl2N2O3S/c22-11-7-8-12(14(23)10-11)18-17(19(26)16-6-3-9-29-16)21(28-25-18)13-4-1-2-5-15(13)24-20(21)27/h1-10,17H,(H,24,27)/t17-,21-/m1/s1. The number of halogens is 2. The van der Waals surface area contributed by atoms with Crippen molar-refractivity contribution in [1.29, 1.82) is 0 Å². The van der Waals surface area contributed by atoms with Crippen LogP contribution in [0.3, 0.4) is 0 Å². The van der Waals surface area contributed by atoms with E-state index in [0.717, 1.165) is 0 Å². The summed E-state index contributed by atoms with van der Waals surface area (Å²) in [6.07, 6.45) is 0. The summed E-state index contributed by atoms with van der Waals surface area (Å²) in [7, 11) is 0. The van der Waals surface area contributed by atoms with Crippen LogP contribution in [0, 0.1) is 5.92 Å². The number of carbonyl (C=O) groups excluding carboxylic acids is 2. The molecule has 1 N–H and O–H groups in total. The van der Waals surface area contributed by atoms with Gasteiger partial charge in [0.25, 0.3) is 11.5 Å². The molecule has 2 atom stereocenters. The number of para-hydroxylation sites is 1. The van der Waals surface area contributed by atoms with Crippen molar-refractivity contribution < 1.29 is 14.4 Å². The Kier molecular flexibility index (Phi) is 4.24. The largest absolute Gasteiger partial charge is 0.373 e. The minimum absolute atomic E-state index is 0.255. The van der Waals surface area contributed by atoms with Gasteiger partial charge < -0.3 is 10.2 Å². The third-order valence-corrected chi connectivity index (χ3v) is 6.55. The van der Waals surface area contributed by atoms with Crippen LogP contribution in [0.5, 0.6) is 0 Å². The highest BCUT2D eigenvalue weighted by molar-refractivity contribution is 7.12. The Labute approximate surface area is 179 Å². The molecule has 1 amide bonds. The minimum atomic E-state index is -1.59. The highest BCUT2D eigenvalue weighted by Crippen LogP contribution is 2.50. The van der Waals surface area contributed by atoms with E-state index in [1.807, 2.05) is 5.38 Å². The van der Waals surface area contributed by atoms with Crippen LogP contribution in [0.2, 0.25) is 10.0 Å². The Balaban J connectivity index is 1.72. The van der Waals surface area contributed by atoms with Crippen molar-refractivity contribution >= 4 is 57.6 Å². The average molecular weight is 443 g/mol. The molecule has 2 aliphatic heterocycles. The number of carbonyl (C=O) groups is 2. The molecule has 1 aromatic heterocycles. The molecule has 5 nitrogen and oxygen atoms in total. The van der Waals surface area contributed by atoms with Crippen molar-refractivity contribution in [2.45, 2.75) is 5.60 Å². The molecule has 2 aliphatic rings. The van der Waals surface area contributed by atoms with Crippen LogP contribution in [-0.2, 0) is 15.2 Å². The highest BCUT2D eigenvalue weighted by Gasteiger charge is 2.63. The maximum absolute atomic E-state index is 13.6. The van der Waals surface area contributed by atoms with E-state index in [9.17, 15) is 9.59 Å². The summed E-state index contributed by atoms with van der Waals surface area (Å²) in [5, 5.41) is 9.61. The van der Waals surface area contributed by atoms with E-state index in [-0.39, 0.29) is 5.78 Å². The summed E-state index contributed by atoms with van der Waals surface area (Å²) in [4.78, 5) is 33.0. The van der Waals surface area contributed by atoms with E-state index in [2.05, 4.69) is 10.5 Å². The van der Waals surface area contributed by atoms with E-state index in [0.29, 0.717) is 37.4 Å². The SMILES string of the molecule is O=C(c1cccs1)[C@H]1C(c2ccc(Cl)cc2Cl)=NO[C@@]12C(=O)Nc1ccccc12. The quantitative estimate of drug-likeness (QED) is 0.571. The monoisotopic (exact) mass is 442 g/mol. The molecule has 144 valence electrons. The van der Waals surface area contributed by atoms with Crippen LogP contribution in [0.25, 0.3) is 0 Å². The zero-order valence-corrected chi connectivity index (χ0v) is 17.0. The smallest absolute Gasteiger partial charge is 0.277 e. The fourth-order valence-corrected chi connectivity index (χ4v) is 5.02. The van der Waals surface area contributed by atoms with Crippen molar-refractivity contribution in [3.63, 3.8) is 0 Å². The Morgan fingerprint density at radius 1 is 1.14 bits per heavy atom. The lowest BCUT2D eigenvalue weighted by Gasteiger charge is -2.26. The number of benzene rings is 2. The second-order valence-electron chi connectivity index (χ2n) is 6.70. The van der Waals surface area contributed by atoms with Gasteiger partial charge in [-0.25, -0.2) is 0 Å². The number of nitrogens with one attached hydrogen (secondary N) is 1. The summed E-state index contributed by atoms with van der Waals surface area (Å²) in [5.74, 6) is -1.69. The van der Waals surface area contributed by atoms with Crippen LogP contribution < -0.4 is 5.32 Å². The van der Waals surface area contributed by atoms with Crippen LogP contribution in [0.1, 0.15) is 20.8 Å². The number of amides is 1. The summed E-state index contributed by atoms with van der Waals surface area (Å²) in [6, 6.07) is 15.6. The van der Waals surface area contributed by atoms with Gasteiger partial charge in [-0.15, -0.1) is 11.3 Å². The van der Waals surface area contributed by atoms with E-state index in [4.69, 9.17) is 28.0 Å². The number of hydrogen-bond donors (Lipinski definition) is 1. The molecule has 1 spiro atoms. The highest BCUT2D eigenvalue weighted by atomic mass is 35.5. The lowest BCUT2D eigenvalue weighted by atomic mass is 9.75. The van der Waals surface area contributed by atoms with Gasteiger partial charge in [0.15, 0.2) is 5.78 Å². The van der Waals surface area contributed by atoms with Gasteiger partial charge in [0.05, 0.1) is 9.90 Å². The van der Waals surface area contributed by atoms with Gasteiger partial charge in [0, 0.05) is 21.8 Å². The summed E-state index contributed by atoms with van der Waals surface area (Å²) in [5.41, 5.74) is 0.386. The second kappa shape index (κ2) is 6.69. The summed E-state index contributed by atoms with van der Waals surface area (Å²) >= 11 is 13.7. The number of oxime groups is 1. The first-order valence-electron chi connectivity index (χ1n) is 8.72. The third kappa shape index (κ3) is 2.64. The molecule has 3 heterocycles. The molecular weight excluding hydrogens is 431 g/mol. The van der Waals surface area contributed by atoms with E-state index < -0.39 is 17.4 Å². The maximum atomic E-state index is 13.6. The first-order valence-corrected chi connectivity index (χ1v) is 10.4. The first-order chi connectivity index (χ1) is 14.0. The molecule has 5 rings (SSSR count). The van der Waals surface area contributed by atoms with Crippen LogP contribution in [0.15, 0.2) is 65.1 Å². The molecule has 0 radical (unpaired) electrons. The van der Waals surface area contributed by atoms with Gasteiger partial charge in [0.2, 0.25) is 0 Å². The maximum Gasteiger partial charge on any atom is 0.277 e. The lowest BCUT2D eigenvalue weighted by molar-refractivity contribution is -0.140. The molecule has 0 saturated carbocycles. The van der Waals surface area contributed by atoms with E-state index >= 15 is 0 Å². The number of nitrogens with zero attached hydrogens (tertiary/aromatic N) is 1. The molecule has 0 bridgehead atoms. The van der Waals surface area contributed by atoms with Crippen molar-refractivity contribution in [1.82, 2.24) is 0 Å². The predicted molar refractivity (Wildman–Crippen MR) is 113 cm³/mol. The molecule has 0 unspecified atom stereocenters. The lowest BCUT2D eigenvalue weighted by Crippen LogP contribution is -2.46. The average Bonchev–Trinajstić information content (AvgIpc) is 3.42. The second-order valence-corrected chi connectivity index (χ2v) is 8.49. The number of rotatable bonds is 3. The molecule has 2 aromatic carbocycles. The number of ketones is 1. The summed E-state index contributed by atoms with van der Waals surface area (Å²) in [6.45, 7) is 0. The van der Waals surface area contributed by atoms with Gasteiger partial charge in [-0.2, -0.15) is 0 Å². The van der Waals surface area contributed by atoms with Crippen molar-refractivity contribution in [2.75, 3.05) is 5.32 Å². The van der Waals surface area contributed by atoms with Crippen LogP contribution in [0.4, 0.5) is 5.69 Å². The van der Waals surface area contributed by atoms with Crippen LogP contribution in [-0.4, -0.2) is 17.4 Å². The topological polar surface area (TPSA) is 67.8 Å². The molecule has 0 fully saturated rings. The number of Topliss-reactive ketones (excluding diaryl/α,β-unsaturated/α-hetero) is 1. The zero-order valence-electron chi connectivity index (χ0n) is 14.7. The van der Waals surface area contributed by atoms with Crippen molar-refractivity contribution in [3.8, 4) is 0 Å². The molecule has 3 aromatic rings.